The standard InChI is InChI=1S/C25H42N11/c1-2-16-33(15-1)23(34-17-3-4-18-34)7-10-30-25(35-19-5-8-31-35,36-20-6-9-32-36)24(23,21-26-11-12-27-21)22-28-13-14-29-22/h1,8,15,21,26-27,32H,2-7,9-14,16-20H2,(H,28,29). The van der Waals surface area contributed by atoms with Gasteiger partial charge in [0, 0.05) is 78.1 Å². The molecule has 7 aliphatic heterocycles. The van der Waals surface area contributed by atoms with Crippen molar-refractivity contribution < 1.29 is 0 Å². The summed E-state index contributed by atoms with van der Waals surface area (Å²) in [6, 6.07) is 0. The number of hydrogen-bond donors (Lipinski definition) is 4. The van der Waals surface area contributed by atoms with E-state index in [1.807, 2.05) is 0 Å². The average Bonchev–Trinajstić information content (AvgIpc) is 3.79. The monoisotopic (exact) mass is 496 g/mol. The van der Waals surface area contributed by atoms with Crippen LogP contribution in [-0.2, 0) is 0 Å². The van der Waals surface area contributed by atoms with Crippen LogP contribution >= 0.6 is 0 Å². The molecule has 11 nitrogen and oxygen atoms in total. The summed E-state index contributed by atoms with van der Waals surface area (Å²) in [6.07, 6.45) is 13.4. The second kappa shape index (κ2) is 9.21. The topological polar surface area (TPSA) is 99.9 Å². The second-order valence-electron chi connectivity index (χ2n) is 11.1. The minimum Gasteiger partial charge on any atom is -0.371 e. The van der Waals surface area contributed by atoms with E-state index in [4.69, 9.17) is 15.4 Å². The first-order valence-corrected chi connectivity index (χ1v) is 14.3. The predicted octanol–water partition coefficient (Wildman–Crippen LogP) is -0.931. The zero-order valence-corrected chi connectivity index (χ0v) is 21.5. The third-order valence-corrected chi connectivity index (χ3v) is 9.47. The SMILES string of the molecule is C1=CN(C2(N3CCCC3)CC[N]C(N3CCC=N3)(N3CCCN3)C2(C2=NCCN2)C2NCCN2)CC1. The van der Waals surface area contributed by atoms with Gasteiger partial charge in [-0.1, -0.05) is 6.08 Å². The van der Waals surface area contributed by atoms with E-state index < -0.39 is 11.2 Å². The highest BCUT2D eigenvalue weighted by molar-refractivity contribution is 5.93. The number of hydrazine groups is 1. The maximum atomic E-state index is 5.70. The van der Waals surface area contributed by atoms with E-state index in [1.54, 1.807) is 0 Å². The van der Waals surface area contributed by atoms with Crippen LogP contribution in [0.1, 0.15) is 38.5 Å². The van der Waals surface area contributed by atoms with E-state index in [0.29, 0.717) is 0 Å². The van der Waals surface area contributed by atoms with Gasteiger partial charge in [-0.25, -0.2) is 5.01 Å². The van der Waals surface area contributed by atoms with Crippen molar-refractivity contribution in [3.05, 3.63) is 12.3 Å². The number of likely N-dealkylation sites (tertiary alicyclic amines) is 1. The molecule has 7 heterocycles. The number of piperidine rings is 1. The van der Waals surface area contributed by atoms with Crippen LogP contribution in [0.2, 0.25) is 0 Å². The summed E-state index contributed by atoms with van der Waals surface area (Å²) < 4.78 is 0. The molecule has 197 valence electrons. The number of hydrazone groups is 1. The van der Waals surface area contributed by atoms with E-state index in [2.05, 4.69) is 59.7 Å². The van der Waals surface area contributed by atoms with E-state index in [1.165, 1.54) is 12.8 Å². The Kier molecular flexibility index (Phi) is 5.98. The van der Waals surface area contributed by atoms with Crippen molar-refractivity contribution in [3.8, 4) is 0 Å². The molecule has 0 aromatic carbocycles. The summed E-state index contributed by atoms with van der Waals surface area (Å²) in [5.41, 5.74) is 2.94. The van der Waals surface area contributed by atoms with Crippen molar-refractivity contribution in [2.24, 2.45) is 15.5 Å². The minimum absolute atomic E-state index is 0.00120. The Bertz CT molecular complexity index is 852. The average molecular weight is 497 g/mol. The molecule has 0 bridgehead atoms. The smallest absolute Gasteiger partial charge is 0.211 e. The van der Waals surface area contributed by atoms with Gasteiger partial charge in [0.1, 0.15) is 16.9 Å². The molecule has 4 fully saturated rings. The van der Waals surface area contributed by atoms with Crippen molar-refractivity contribution in [2.75, 3.05) is 72.0 Å². The molecule has 7 rings (SSSR count). The zero-order valence-electron chi connectivity index (χ0n) is 21.5. The van der Waals surface area contributed by atoms with Gasteiger partial charge in [-0.3, -0.25) is 31.0 Å². The lowest BCUT2D eigenvalue weighted by Crippen LogP contribution is -2.92. The Morgan fingerprint density at radius 2 is 1.78 bits per heavy atom. The highest BCUT2D eigenvalue weighted by Gasteiger charge is 2.79. The van der Waals surface area contributed by atoms with E-state index in [0.717, 1.165) is 104 Å². The van der Waals surface area contributed by atoms with E-state index in [9.17, 15) is 0 Å². The molecule has 4 N–H and O–H groups in total. The van der Waals surface area contributed by atoms with Gasteiger partial charge >= 0.3 is 0 Å². The zero-order chi connectivity index (χ0) is 24.1. The number of aliphatic imine (C=N–C) groups is 1. The number of rotatable bonds is 6. The van der Waals surface area contributed by atoms with Gasteiger partial charge in [0.25, 0.3) is 0 Å². The number of nitrogens with zero attached hydrogens (tertiary/aromatic N) is 7. The maximum Gasteiger partial charge on any atom is 0.211 e. The van der Waals surface area contributed by atoms with Gasteiger partial charge in [0.05, 0.1) is 12.7 Å². The van der Waals surface area contributed by atoms with Crippen molar-refractivity contribution in [3.63, 3.8) is 0 Å². The lowest BCUT2D eigenvalue weighted by atomic mass is 9.59. The van der Waals surface area contributed by atoms with Crippen LogP contribution in [0, 0.1) is 5.41 Å². The fraction of sp³-hybridized carbons (Fsp3) is 0.840. The van der Waals surface area contributed by atoms with Crippen LogP contribution in [0.5, 0.6) is 0 Å². The Morgan fingerprint density at radius 3 is 2.44 bits per heavy atom. The molecule has 0 saturated carbocycles. The first-order chi connectivity index (χ1) is 17.8. The molecule has 1 radical (unpaired) electrons. The Morgan fingerprint density at radius 1 is 0.889 bits per heavy atom. The summed E-state index contributed by atoms with van der Waals surface area (Å²) in [5, 5.41) is 27.3. The molecule has 0 aliphatic carbocycles. The molecule has 3 unspecified atom stereocenters. The lowest BCUT2D eigenvalue weighted by Gasteiger charge is -2.71. The second-order valence-corrected chi connectivity index (χ2v) is 11.1. The summed E-state index contributed by atoms with van der Waals surface area (Å²) in [4.78, 5) is 10.8. The number of nitrogens with one attached hydrogen (secondary N) is 4. The van der Waals surface area contributed by atoms with Crippen molar-refractivity contribution in [2.45, 2.75) is 56.1 Å². The highest BCUT2D eigenvalue weighted by Crippen LogP contribution is 2.58. The van der Waals surface area contributed by atoms with Gasteiger partial charge in [0.2, 0.25) is 5.79 Å². The maximum absolute atomic E-state index is 5.70. The molecule has 0 aromatic heterocycles. The normalized spacial score (nSPS) is 40.2. The molecular formula is C25H42N11. The molecule has 0 spiro atoms. The largest absolute Gasteiger partial charge is 0.371 e. The molecule has 3 atom stereocenters. The van der Waals surface area contributed by atoms with E-state index in [-0.39, 0.29) is 11.8 Å². The summed E-state index contributed by atoms with van der Waals surface area (Å²) >= 11 is 0. The third kappa shape index (κ3) is 3.01. The van der Waals surface area contributed by atoms with Crippen LogP contribution < -0.4 is 26.7 Å². The van der Waals surface area contributed by atoms with Crippen LogP contribution in [0.25, 0.3) is 0 Å². The molecule has 0 aromatic rings. The summed E-state index contributed by atoms with van der Waals surface area (Å²) in [6.45, 7) is 10.4. The molecule has 7 aliphatic rings. The quantitative estimate of drug-likeness (QED) is 0.374. The molecule has 4 saturated heterocycles. The van der Waals surface area contributed by atoms with Crippen LogP contribution in [0.4, 0.5) is 0 Å². The first-order valence-electron chi connectivity index (χ1n) is 14.3. The Balaban J connectivity index is 1.55. The van der Waals surface area contributed by atoms with Crippen molar-refractivity contribution in [1.29, 1.82) is 0 Å². The van der Waals surface area contributed by atoms with Gasteiger partial charge in [-0.15, -0.1) is 0 Å². The molecular weight excluding hydrogens is 454 g/mol. The van der Waals surface area contributed by atoms with Gasteiger partial charge in [-0.2, -0.15) is 10.4 Å². The lowest BCUT2D eigenvalue weighted by molar-refractivity contribution is -0.263. The minimum atomic E-state index is -0.723. The van der Waals surface area contributed by atoms with Gasteiger partial charge in [-0.05, 0) is 38.3 Å². The van der Waals surface area contributed by atoms with Crippen molar-refractivity contribution >= 4 is 12.1 Å². The number of hydrogen-bond acceptors (Lipinski definition) is 10. The van der Waals surface area contributed by atoms with Gasteiger partial charge in [0.15, 0.2) is 0 Å². The Hall–Kier alpha value is -1.76. The third-order valence-electron chi connectivity index (χ3n) is 9.47. The summed E-state index contributed by atoms with van der Waals surface area (Å²) in [7, 11) is 0. The first kappa shape index (κ1) is 23.4. The van der Waals surface area contributed by atoms with Gasteiger partial charge < -0.3 is 10.2 Å². The molecule has 0 amide bonds. The van der Waals surface area contributed by atoms with Crippen LogP contribution in [0.15, 0.2) is 22.4 Å². The fourth-order valence-electron chi connectivity index (χ4n) is 8.34. The van der Waals surface area contributed by atoms with E-state index >= 15 is 0 Å². The summed E-state index contributed by atoms with van der Waals surface area (Å²) in [5.74, 6) is 0.375. The van der Waals surface area contributed by atoms with Crippen LogP contribution in [0.3, 0.4) is 0 Å². The van der Waals surface area contributed by atoms with Crippen molar-refractivity contribution in [1.82, 2.24) is 46.5 Å². The highest BCUT2D eigenvalue weighted by atomic mass is 15.8. The Labute approximate surface area is 214 Å². The number of amidine groups is 1. The predicted molar refractivity (Wildman–Crippen MR) is 140 cm³/mol. The molecule has 11 heteroatoms. The molecule has 36 heavy (non-hydrogen) atoms. The van der Waals surface area contributed by atoms with Crippen LogP contribution in [-0.4, -0.2) is 121 Å². The fourth-order valence-corrected chi connectivity index (χ4v) is 8.34.